The largest absolute Gasteiger partial charge is 0.433 e. The van der Waals surface area contributed by atoms with E-state index in [-0.39, 0.29) is 12.3 Å². The molecule has 1 amide bonds. The molecular weight excluding hydrogens is 433 g/mol. The number of carbonyl (C=O) groups is 1. The van der Waals surface area contributed by atoms with Crippen LogP contribution in [-0.2, 0) is 17.4 Å². The Kier molecular flexibility index (Phi) is 6.07. The molecule has 33 heavy (non-hydrogen) atoms. The predicted molar refractivity (Wildman–Crippen MR) is 115 cm³/mol. The van der Waals surface area contributed by atoms with Crippen LogP contribution in [0.4, 0.5) is 19.0 Å². The van der Waals surface area contributed by atoms with Crippen molar-refractivity contribution in [2.24, 2.45) is 0 Å². The van der Waals surface area contributed by atoms with E-state index in [2.05, 4.69) is 30.5 Å². The number of nitrogens with one attached hydrogen (secondary N) is 1. The number of alkyl halides is 3. The maximum Gasteiger partial charge on any atom is 0.433 e. The molecule has 0 saturated heterocycles. The molecule has 166 valence electrons. The van der Waals surface area contributed by atoms with E-state index >= 15 is 0 Å². The molecule has 0 aliphatic heterocycles. The predicted octanol–water partition coefficient (Wildman–Crippen LogP) is 4.50. The Morgan fingerprint density at radius 2 is 1.82 bits per heavy atom. The molecule has 4 rings (SSSR count). The van der Waals surface area contributed by atoms with Gasteiger partial charge in [0.05, 0.1) is 17.8 Å². The number of aromatic nitrogens is 5. The summed E-state index contributed by atoms with van der Waals surface area (Å²) in [5.74, 6) is 0.0809. The second-order valence-electron chi connectivity index (χ2n) is 7.20. The third kappa shape index (κ3) is 5.35. The van der Waals surface area contributed by atoms with E-state index in [0.717, 1.165) is 17.8 Å². The number of anilines is 1. The zero-order valence-corrected chi connectivity index (χ0v) is 17.3. The van der Waals surface area contributed by atoms with E-state index in [1.54, 1.807) is 49.6 Å². The van der Waals surface area contributed by atoms with E-state index in [0.29, 0.717) is 33.9 Å². The van der Waals surface area contributed by atoms with Crippen LogP contribution in [0.2, 0.25) is 0 Å². The van der Waals surface area contributed by atoms with Crippen molar-refractivity contribution in [1.29, 1.82) is 0 Å². The van der Waals surface area contributed by atoms with Crippen molar-refractivity contribution in [3.05, 3.63) is 84.1 Å². The van der Waals surface area contributed by atoms with Gasteiger partial charge in [0, 0.05) is 35.9 Å². The lowest BCUT2D eigenvalue weighted by Crippen LogP contribution is -2.15. The van der Waals surface area contributed by atoms with E-state index in [4.69, 9.17) is 0 Å². The van der Waals surface area contributed by atoms with E-state index in [9.17, 15) is 18.0 Å². The molecule has 4 heterocycles. The fraction of sp³-hybridized carbons (Fsp3) is 0.130. The van der Waals surface area contributed by atoms with Gasteiger partial charge in [-0.05, 0) is 54.4 Å². The summed E-state index contributed by atoms with van der Waals surface area (Å²) in [4.78, 5) is 24.3. The molecule has 0 aromatic carbocycles. The molecule has 4 aromatic rings. The van der Waals surface area contributed by atoms with Gasteiger partial charge < -0.3 is 5.32 Å². The molecule has 0 bridgehead atoms. The molecule has 0 aliphatic rings. The fourth-order valence-electron chi connectivity index (χ4n) is 3.21. The summed E-state index contributed by atoms with van der Waals surface area (Å²) in [6.07, 6.45) is 1.23. The minimum atomic E-state index is -4.54. The molecule has 0 unspecified atom stereocenters. The van der Waals surface area contributed by atoms with Crippen LogP contribution in [0, 0.1) is 6.92 Å². The van der Waals surface area contributed by atoms with Gasteiger partial charge in [-0.1, -0.05) is 6.07 Å². The van der Waals surface area contributed by atoms with Crippen molar-refractivity contribution in [2.75, 3.05) is 5.32 Å². The van der Waals surface area contributed by atoms with Gasteiger partial charge in [0.15, 0.2) is 0 Å². The molecule has 0 aliphatic carbocycles. The first kappa shape index (κ1) is 22.0. The fourth-order valence-corrected chi connectivity index (χ4v) is 3.21. The Morgan fingerprint density at radius 1 is 0.970 bits per heavy atom. The minimum absolute atomic E-state index is 0.0336. The van der Waals surface area contributed by atoms with Crippen molar-refractivity contribution >= 4 is 11.7 Å². The Balaban J connectivity index is 1.43. The highest BCUT2D eigenvalue weighted by molar-refractivity contribution is 5.91. The highest BCUT2D eigenvalue weighted by atomic mass is 19.4. The van der Waals surface area contributed by atoms with Gasteiger partial charge in [0.1, 0.15) is 11.5 Å². The molecule has 10 heteroatoms. The zero-order chi connectivity index (χ0) is 23.4. The van der Waals surface area contributed by atoms with Crippen LogP contribution in [0.15, 0.2) is 67.3 Å². The van der Waals surface area contributed by atoms with Crippen LogP contribution in [0.1, 0.15) is 16.8 Å². The number of nitrogens with zero attached hydrogens (tertiary/aromatic N) is 5. The summed E-state index contributed by atoms with van der Waals surface area (Å²) in [7, 11) is 0. The molecule has 7 nitrogen and oxygen atoms in total. The zero-order valence-electron chi connectivity index (χ0n) is 17.3. The second-order valence-corrected chi connectivity index (χ2v) is 7.20. The standard InChI is InChI=1S/C23H17F3N6O/c1-14-9-15(12-29-22(14)16-6-8-27-19(11-16)23(24,25)26)10-21(33)31-20-5-4-17(13-28-20)18-3-2-7-30-32-18/h2-9,11-13H,10H2,1H3,(H,28,31,33). The molecule has 0 saturated carbocycles. The van der Waals surface area contributed by atoms with E-state index in [1.165, 1.54) is 12.3 Å². The SMILES string of the molecule is Cc1cc(CC(=O)Nc2ccc(-c3cccnn3)cn2)cnc1-c1ccnc(C(F)(F)F)c1. The lowest BCUT2D eigenvalue weighted by molar-refractivity contribution is -0.141. The van der Waals surface area contributed by atoms with Gasteiger partial charge in [-0.25, -0.2) is 4.98 Å². The molecule has 0 atom stereocenters. The Morgan fingerprint density at radius 3 is 2.48 bits per heavy atom. The lowest BCUT2D eigenvalue weighted by atomic mass is 10.0. The molecule has 0 radical (unpaired) electrons. The number of rotatable bonds is 5. The molecular formula is C23H17F3N6O. The van der Waals surface area contributed by atoms with Crippen LogP contribution < -0.4 is 5.32 Å². The maximum absolute atomic E-state index is 12.9. The summed E-state index contributed by atoms with van der Waals surface area (Å²) in [5, 5.41) is 10.5. The topological polar surface area (TPSA) is 93.6 Å². The smallest absolute Gasteiger partial charge is 0.310 e. The van der Waals surface area contributed by atoms with E-state index < -0.39 is 11.9 Å². The third-order valence-corrected chi connectivity index (χ3v) is 4.72. The number of carbonyl (C=O) groups excluding carboxylic acids is 1. The summed E-state index contributed by atoms with van der Waals surface area (Å²) in [5.41, 5.74) is 2.41. The van der Waals surface area contributed by atoms with Crippen LogP contribution >= 0.6 is 0 Å². The van der Waals surface area contributed by atoms with Crippen molar-refractivity contribution in [2.45, 2.75) is 19.5 Å². The average molecular weight is 450 g/mol. The normalized spacial score (nSPS) is 11.3. The number of pyridine rings is 3. The van der Waals surface area contributed by atoms with Crippen molar-refractivity contribution in [3.63, 3.8) is 0 Å². The van der Waals surface area contributed by atoms with E-state index in [1.807, 2.05) is 0 Å². The highest BCUT2D eigenvalue weighted by Gasteiger charge is 2.32. The maximum atomic E-state index is 12.9. The monoisotopic (exact) mass is 450 g/mol. The molecule has 0 spiro atoms. The van der Waals surface area contributed by atoms with Gasteiger partial charge in [0.2, 0.25) is 5.91 Å². The van der Waals surface area contributed by atoms with Crippen molar-refractivity contribution in [1.82, 2.24) is 25.1 Å². The highest BCUT2D eigenvalue weighted by Crippen LogP contribution is 2.31. The minimum Gasteiger partial charge on any atom is -0.310 e. The van der Waals surface area contributed by atoms with Gasteiger partial charge in [-0.15, -0.1) is 0 Å². The number of hydrogen-bond donors (Lipinski definition) is 1. The molecule has 0 fully saturated rings. The summed E-state index contributed by atoms with van der Waals surface area (Å²) < 4.78 is 38.8. The quantitative estimate of drug-likeness (QED) is 0.481. The summed E-state index contributed by atoms with van der Waals surface area (Å²) in [6, 6.07) is 11.2. The summed E-state index contributed by atoms with van der Waals surface area (Å²) >= 11 is 0. The summed E-state index contributed by atoms with van der Waals surface area (Å²) in [6.45, 7) is 1.73. The Hall–Kier alpha value is -4.21. The number of amides is 1. The Labute approximate surface area is 186 Å². The lowest BCUT2D eigenvalue weighted by Gasteiger charge is -2.11. The molecule has 4 aromatic heterocycles. The first-order chi connectivity index (χ1) is 15.8. The Bertz CT molecular complexity index is 1280. The van der Waals surface area contributed by atoms with Crippen LogP contribution in [0.5, 0.6) is 0 Å². The third-order valence-electron chi connectivity index (χ3n) is 4.72. The second kappa shape index (κ2) is 9.11. The number of halogens is 3. The average Bonchev–Trinajstić information content (AvgIpc) is 2.80. The number of aryl methyl sites for hydroxylation is 1. The van der Waals surface area contributed by atoms with Gasteiger partial charge >= 0.3 is 6.18 Å². The first-order valence-electron chi connectivity index (χ1n) is 9.83. The first-order valence-corrected chi connectivity index (χ1v) is 9.83. The van der Waals surface area contributed by atoms with Gasteiger partial charge in [-0.2, -0.15) is 23.4 Å². The molecule has 1 N–H and O–H groups in total. The van der Waals surface area contributed by atoms with Crippen LogP contribution in [-0.4, -0.2) is 31.1 Å². The van der Waals surface area contributed by atoms with Crippen molar-refractivity contribution in [3.8, 4) is 22.5 Å². The van der Waals surface area contributed by atoms with Gasteiger partial charge in [-0.3, -0.25) is 14.8 Å². The van der Waals surface area contributed by atoms with Crippen LogP contribution in [0.25, 0.3) is 22.5 Å². The van der Waals surface area contributed by atoms with Crippen molar-refractivity contribution < 1.29 is 18.0 Å². The van der Waals surface area contributed by atoms with Crippen LogP contribution in [0.3, 0.4) is 0 Å². The van der Waals surface area contributed by atoms with Gasteiger partial charge in [0.25, 0.3) is 0 Å². The number of hydrogen-bond acceptors (Lipinski definition) is 6.